The van der Waals surface area contributed by atoms with Gasteiger partial charge in [0, 0.05) is 55.6 Å². The Bertz CT molecular complexity index is 1380. The Morgan fingerprint density at radius 3 is 2.42 bits per heavy atom. The minimum absolute atomic E-state index is 0.0386. The summed E-state index contributed by atoms with van der Waals surface area (Å²) in [7, 11) is 0. The molecule has 1 saturated carbocycles. The van der Waals surface area contributed by atoms with E-state index < -0.39 is 30.2 Å². The van der Waals surface area contributed by atoms with Crippen LogP contribution in [0.3, 0.4) is 0 Å². The van der Waals surface area contributed by atoms with Crippen molar-refractivity contribution in [1.82, 2.24) is 14.5 Å². The number of amides is 1. The number of benzene rings is 1. The van der Waals surface area contributed by atoms with Crippen molar-refractivity contribution in [3.05, 3.63) is 45.9 Å². The number of alkyl halides is 2. The number of hydrogen-bond donors (Lipinski definition) is 2. The van der Waals surface area contributed by atoms with Gasteiger partial charge in [0.15, 0.2) is 5.75 Å². The van der Waals surface area contributed by atoms with E-state index >= 15 is 0 Å². The van der Waals surface area contributed by atoms with Gasteiger partial charge in [0.25, 0.3) is 0 Å². The smallest absolute Gasteiger partial charge is 0.329 e. The number of unbranched alkanes of at least 4 members (excludes halogenated alkanes) is 4. The number of carbonyl (C=O) groups excluding carboxylic acids is 2. The number of nitrogens with zero attached hydrogens (tertiary/aromatic N) is 3. The van der Waals surface area contributed by atoms with E-state index in [1.807, 2.05) is 13.8 Å². The van der Waals surface area contributed by atoms with Gasteiger partial charge in [-0.3, -0.25) is 14.2 Å². The molecule has 2 heterocycles. The van der Waals surface area contributed by atoms with Crippen molar-refractivity contribution in [2.75, 3.05) is 19.7 Å². The average Bonchev–Trinajstić information content (AvgIpc) is 3.70. The van der Waals surface area contributed by atoms with Crippen molar-refractivity contribution in [3.8, 4) is 5.75 Å². The third-order valence-electron chi connectivity index (χ3n) is 9.10. The molecule has 4 rings (SSSR count). The van der Waals surface area contributed by atoms with Gasteiger partial charge in [-0.15, -0.1) is 0 Å². The third kappa shape index (κ3) is 11.8. The van der Waals surface area contributed by atoms with Gasteiger partial charge in [0.05, 0.1) is 22.7 Å². The summed E-state index contributed by atoms with van der Waals surface area (Å²) in [5, 5.41) is 20.2. The number of aromatic nitrogens is 2. The summed E-state index contributed by atoms with van der Waals surface area (Å²) < 4.78 is 41.3. The predicted octanol–water partition coefficient (Wildman–Crippen LogP) is 8.91. The molecule has 4 atom stereocenters. The Hall–Kier alpha value is -2.51. The van der Waals surface area contributed by atoms with E-state index in [2.05, 4.69) is 4.98 Å². The van der Waals surface area contributed by atoms with Gasteiger partial charge in [-0.2, -0.15) is 0 Å². The van der Waals surface area contributed by atoms with E-state index in [0.717, 1.165) is 25.7 Å². The van der Waals surface area contributed by atoms with E-state index in [1.54, 1.807) is 29.4 Å². The molecular weight excluding hydrogens is 719 g/mol. The lowest BCUT2D eigenvalue weighted by Crippen LogP contribution is -2.55. The number of halogens is 5. The van der Waals surface area contributed by atoms with E-state index in [-0.39, 0.29) is 49.5 Å². The van der Waals surface area contributed by atoms with Crippen molar-refractivity contribution in [1.29, 1.82) is 0 Å². The van der Waals surface area contributed by atoms with Crippen LogP contribution >= 0.6 is 34.8 Å². The molecule has 2 N–H and O–H groups in total. The number of ketones is 1. The second kappa shape index (κ2) is 19.9. The highest BCUT2D eigenvalue weighted by atomic mass is 35.5. The molecule has 1 aromatic carbocycles. The van der Waals surface area contributed by atoms with Crippen LogP contribution in [0.15, 0.2) is 30.9 Å². The van der Waals surface area contributed by atoms with Crippen LogP contribution in [0, 0.1) is 11.8 Å². The van der Waals surface area contributed by atoms with Gasteiger partial charge in [0.2, 0.25) is 5.79 Å². The molecule has 0 radical (unpaired) electrons. The largest absolute Gasteiger partial charge is 0.489 e. The van der Waals surface area contributed by atoms with Crippen LogP contribution in [-0.2, 0) is 14.3 Å². The van der Waals surface area contributed by atoms with E-state index in [0.29, 0.717) is 66.0 Å². The fourth-order valence-electron chi connectivity index (χ4n) is 6.45. The highest BCUT2D eigenvalue weighted by molar-refractivity contribution is 6.40. The molecule has 1 aliphatic heterocycles. The van der Waals surface area contributed by atoms with Crippen LogP contribution in [0.2, 0.25) is 15.1 Å². The molecule has 280 valence electrons. The summed E-state index contributed by atoms with van der Waals surface area (Å²) in [5.41, 5.74) is 0. The number of carboxylic acid groups (broad SMARTS) is 1. The lowest BCUT2D eigenvalue weighted by atomic mass is 9.81. The minimum Gasteiger partial charge on any atom is -0.489 e. The number of Topliss-reactive ketones (excluding diaryl/α,β-unsaturated/α-hetero) is 1. The first-order chi connectivity index (χ1) is 23.7. The molecule has 10 nitrogen and oxygen atoms in total. The normalized spacial score (nSPS) is 21.7. The van der Waals surface area contributed by atoms with Crippen LogP contribution in [0.5, 0.6) is 5.75 Å². The quantitative estimate of drug-likeness (QED) is 0.153. The molecule has 15 heteroatoms. The number of imidazole rings is 1. The Balaban J connectivity index is 0.000000274. The maximum Gasteiger partial charge on any atom is 0.329 e. The van der Waals surface area contributed by atoms with Crippen molar-refractivity contribution in [3.63, 3.8) is 0 Å². The van der Waals surface area contributed by atoms with E-state index in [1.165, 1.54) is 10.9 Å². The molecule has 1 aliphatic carbocycles. The standard InChI is InChI=1S/C20H32F2O5.C15H16Cl3N3O2/c1-2-3-11-19(21,22)20(26)12-10-15-14(16(23)13-17(15)27-20)8-6-4-5-7-9-18(24)25;1-2-4-20(15(22)21-5-3-19-10-21)6-7-23-14-12(17)8-11(16)9-13(14)18/h14-15,17,26H,2-13H2,1H3,(H,24,25);3,5,8-10H,2,4,6-7H2,1H3/t14-,15-,17-,20-;/m1./s1. The molecular formula is C35H48Cl3F2N3O7. The van der Waals surface area contributed by atoms with Gasteiger partial charge in [0.1, 0.15) is 18.7 Å². The van der Waals surface area contributed by atoms with E-state index in [4.69, 9.17) is 49.4 Å². The maximum atomic E-state index is 14.4. The molecule has 50 heavy (non-hydrogen) atoms. The number of aliphatic hydroxyl groups is 1. The molecule has 1 amide bonds. The second-order valence-corrected chi connectivity index (χ2v) is 14.1. The van der Waals surface area contributed by atoms with Gasteiger partial charge < -0.3 is 24.6 Å². The molecule has 2 fully saturated rings. The SMILES string of the molecule is CCCCC(F)(F)[C@@]1(O)CC[C@H]2[C@@H](CC(=O)[C@@H]2CCCCCCC(=O)O)O1.CCCN(CCOc1c(Cl)cc(Cl)cc1Cl)C(=O)n1ccnc1. The zero-order valence-corrected chi connectivity index (χ0v) is 30.9. The molecule has 2 aromatic rings. The Morgan fingerprint density at radius 2 is 1.80 bits per heavy atom. The summed E-state index contributed by atoms with van der Waals surface area (Å²) in [6, 6.07) is 2.97. The Morgan fingerprint density at radius 1 is 1.10 bits per heavy atom. The minimum atomic E-state index is -3.31. The molecule has 1 saturated heterocycles. The van der Waals surface area contributed by atoms with E-state index in [9.17, 15) is 28.3 Å². The van der Waals surface area contributed by atoms with Gasteiger partial charge in [-0.1, -0.05) is 74.3 Å². The lowest BCUT2D eigenvalue weighted by Gasteiger charge is -2.43. The lowest BCUT2D eigenvalue weighted by molar-refractivity contribution is -0.356. The van der Waals surface area contributed by atoms with Crippen LogP contribution < -0.4 is 4.74 Å². The zero-order valence-electron chi connectivity index (χ0n) is 28.6. The number of aliphatic carboxylic acids is 1. The van der Waals surface area contributed by atoms with Crippen LogP contribution in [0.25, 0.3) is 0 Å². The molecule has 0 bridgehead atoms. The van der Waals surface area contributed by atoms with Gasteiger partial charge >= 0.3 is 17.9 Å². The second-order valence-electron chi connectivity index (χ2n) is 12.9. The molecule has 0 spiro atoms. The number of hydrogen-bond acceptors (Lipinski definition) is 7. The summed E-state index contributed by atoms with van der Waals surface area (Å²) in [4.78, 5) is 40.7. The third-order valence-corrected chi connectivity index (χ3v) is 9.88. The van der Waals surface area contributed by atoms with Gasteiger partial charge in [-0.25, -0.2) is 18.6 Å². The summed E-state index contributed by atoms with van der Waals surface area (Å²) in [5.74, 6) is -6.46. The maximum absolute atomic E-state index is 14.4. The Labute approximate surface area is 307 Å². The highest BCUT2D eigenvalue weighted by Gasteiger charge is 2.59. The molecule has 0 unspecified atom stereocenters. The van der Waals surface area contributed by atoms with Crippen molar-refractivity contribution in [2.45, 2.75) is 115 Å². The summed E-state index contributed by atoms with van der Waals surface area (Å²) in [6.07, 6.45) is 9.65. The number of rotatable bonds is 17. The molecule has 1 aromatic heterocycles. The first kappa shape index (κ1) is 41.9. The van der Waals surface area contributed by atoms with Crippen LogP contribution in [-0.4, -0.2) is 80.0 Å². The summed E-state index contributed by atoms with van der Waals surface area (Å²) in [6.45, 7) is 5.10. The summed E-state index contributed by atoms with van der Waals surface area (Å²) >= 11 is 18.0. The fraction of sp³-hybridized carbons (Fsp3) is 0.657. The first-order valence-electron chi connectivity index (χ1n) is 17.3. The highest BCUT2D eigenvalue weighted by Crippen LogP contribution is 2.49. The zero-order chi connectivity index (χ0) is 36.9. The number of carbonyl (C=O) groups is 3. The van der Waals surface area contributed by atoms with Crippen LogP contribution in [0.4, 0.5) is 13.6 Å². The van der Waals surface area contributed by atoms with Crippen LogP contribution in [0.1, 0.15) is 97.3 Å². The fourth-order valence-corrected chi connectivity index (χ4v) is 7.38. The number of carboxylic acids is 1. The predicted molar refractivity (Wildman–Crippen MR) is 187 cm³/mol. The van der Waals surface area contributed by atoms with Crippen molar-refractivity contribution < 1.29 is 42.9 Å². The topological polar surface area (TPSA) is 131 Å². The monoisotopic (exact) mass is 765 g/mol. The van der Waals surface area contributed by atoms with Gasteiger partial charge in [-0.05, 0) is 50.2 Å². The number of fused-ring (bicyclic) bond motifs is 1. The number of ether oxygens (including phenoxy) is 2. The van der Waals surface area contributed by atoms with Crippen molar-refractivity contribution >= 4 is 52.6 Å². The first-order valence-corrected chi connectivity index (χ1v) is 18.4. The molecule has 2 aliphatic rings. The van der Waals surface area contributed by atoms with Crippen molar-refractivity contribution in [2.24, 2.45) is 11.8 Å². The average molecular weight is 767 g/mol. The Kier molecular flexibility index (Phi) is 16.7.